The Hall–Kier alpha value is -2.13. The highest BCUT2D eigenvalue weighted by Gasteiger charge is 2.31. The first-order valence-electron chi connectivity index (χ1n) is 7.90. The van der Waals surface area contributed by atoms with E-state index < -0.39 is 16.0 Å². The van der Waals surface area contributed by atoms with Crippen LogP contribution in [0.1, 0.15) is 18.4 Å². The molecule has 9 heteroatoms. The predicted molar refractivity (Wildman–Crippen MR) is 89.9 cm³/mol. The van der Waals surface area contributed by atoms with E-state index in [2.05, 4.69) is 0 Å². The Morgan fingerprint density at radius 1 is 1.16 bits per heavy atom. The van der Waals surface area contributed by atoms with Gasteiger partial charge < -0.3 is 14.7 Å². The molecule has 0 saturated carbocycles. The highest BCUT2D eigenvalue weighted by molar-refractivity contribution is 7.89. The molecule has 0 spiro atoms. The van der Waals surface area contributed by atoms with Crippen LogP contribution in [-0.2, 0) is 19.6 Å². The predicted octanol–water partition coefficient (Wildman–Crippen LogP) is 0.701. The third-order valence-electron chi connectivity index (χ3n) is 4.14. The number of carboxylic acid groups (broad SMARTS) is 1. The number of carbonyl (C=O) groups is 2. The van der Waals surface area contributed by atoms with Crippen LogP contribution >= 0.6 is 0 Å². The topological polar surface area (TPSA) is 104 Å². The quantitative estimate of drug-likeness (QED) is 0.790. The lowest BCUT2D eigenvalue weighted by Gasteiger charge is -2.34. The first-order valence-corrected chi connectivity index (χ1v) is 9.34. The van der Waals surface area contributed by atoms with Crippen molar-refractivity contribution in [2.24, 2.45) is 0 Å². The summed E-state index contributed by atoms with van der Waals surface area (Å²) in [6.07, 6.45) is -0.290. The molecule has 138 valence electrons. The number of piperazine rings is 1. The first kappa shape index (κ1) is 19.2. The molecule has 0 radical (unpaired) electrons. The minimum Gasteiger partial charge on any atom is -0.497 e. The molecule has 1 fully saturated rings. The van der Waals surface area contributed by atoms with Crippen molar-refractivity contribution in [1.29, 1.82) is 0 Å². The molecule has 25 heavy (non-hydrogen) atoms. The fraction of sp³-hybridized carbons (Fsp3) is 0.500. The fourth-order valence-corrected chi connectivity index (χ4v) is 4.36. The van der Waals surface area contributed by atoms with E-state index >= 15 is 0 Å². The number of methoxy groups -OCH3 is 1. The summed E-state index contributed by atoms with van der Waals surface area (Å²) in [5.41, 5.74) is 0.597. The van der Waals surface area contributed by atoms with Crippen LogP contribution in [0, 0.1) is 6.92 Å². The van der Waals surface area contributed by atoms with Gasteiger partial charge in [-0.15, -0.1) is 0 Å². The fourth-order valence-electron chi connectivity index (χ4n) is 2.73. The molecular formula is C16H22N2O6S. The highest BCUT2D eigenvalue weighted by atomic mass is 32.2. The Balaban J connectivity index is 2.04. The standard InChI is InChI=1S/C16H22N2O6S/c1-12-11-13(24-2)3-4-14(12)25(22,23)18-9-7-17(8-10-18)15(19)5-6-16(20)21/h3-4,11H,5-10H2,1-2H3,(H,20,21). The van der Waals surface area contributed by atoms with E-state index in [0.29, 0.717) is 11.3 Å². The molecule has 2 rings (SSSR count). The molecule has 0 aliphatic carbocycles. The van der Waals surface area contributed by atoms with E-state index in [1.807, 2.05) is 0 Å². The average molecular weight is 370 g/mol. The van der Waals surface area contributed by atoms with E-state index in [1.165, 1.54) is 22.4 Å². The van der Waals surface area contributed by atoms with Crippen molar-refractivity contribution in [1.82, 2.24) is 9.21 Å². The van der Waals surface area contributed by atoms with E-state index in [1.54, 1.807) is 19.1 Å². The summed E-state index contributed by atoms with van der Waals surface area (Å²) in [6, 6.07) is 4.79. The van der Waals surface area contributed by atoms with Gasteiger partial charge in [0.05, 0.1) is 18.4 Å². The summed E-state index contributed by atoms with van der Waals surface area (Å²) in [4.78, 5) is 24.2. The number of aryl methyl sites for hydroxylation is 1. The van der Waals surface area contributed by atoms with E-state index in [0.717, 1.165) is 0 Å². The van der Waals surface area contributed by atoms with Gasteiger partial charge in [0.15, 0.2) is 0 Å². The molecule has 1 aliphatic rings. The molecule has 1 aromatic carbocycles. The summed E-state index contributed by atoms with van der Waals surface area (Å²) in [6.45, 7) is 2.60. The SMILES string of the molecule is COc1ccc(S(=O)(=O)N2CCN(C(=O)CCC(=O)O)CC2)c(C)c1. The van der Waals surface area contributed by atoms with Crippen LogP contribution in [0.5, 0.6) is 5.75 Å². The van der Waals surface area contributed by atoms with Crippen molar-refractivity contribution in [2.45, 2.75) is 24.7 Å². The summed E-state index contributed by atoms with van der Waals surface area (Å²) in [5, 5.41) is 8.63. The molecular weight excluding hydrogens is 348 g/mol. The molecule has 1 aliphatic heterocycles. The van der Waals surface area contributed by atoms with Crippen LogP contribution < -0.4 is 4.74 Å². The zero-order valence-corrected chi connectivity index (χ0v) is 15.1. The maximum atomic E-state index is 12.8. The number of rotatable bonds is 6. The Morgan fingerprint density at radius 3 is 2.32 bits per heavy atom. The lowest BCUT2D eigenvalue weighted by atomic mass is 10.2. The second kappa shape index (κ2) is 7.83. The molecule has 0 atom stereocenters. The molecule has 1 amide bonds. The third kappa shape index (κ3) is 4.49. The van der Waals surface area contributed by atoms with Gasteiger partial charge in [-0.1, -0.05) is 0 Å². The number of carbonyl (C=O) groups excluding carboxylic acids is 1. The zero-order chi connectivity index (χ0) is 18.6. The average Bonchev–Trinajstić information content (AvgIpc) is 2.59. The minimum absolute atomic E-state index is 0.0698. The van der Waals surface area contributed by atoms with Crippen LogP contribution in [0.4, 0.5) is 0 Å². The maximum absolute atomic E-state index is 12.8. The van der Waals surface area contributed by atoms with Gasteiger partial charge in [0.1, 0.15) is 5.75 Å². The van der Waals surface area contributed by atoms with Crippen LogP contribution in [0.25, 0.3) is 0 Å². The van der Waals surface area contributed by atoms with Gasteiger partial charge in [0.25, 0.3) is 0 Å². The molecule has 1 saturated heterocycles. The van der Waals surface area contributed by atoms with Crippen molar-refractivity contribution in [3.8, 4) is 5.75 Å². The van der Waals surface area contributed by atoms with Gasteiger partial charge >= 0.3 is 5.97 Å². The second-order valence-electron chi connectivity index (χ2n) is 5.81. The van der Waals surface area contributed by atoms with Gasteiger partial charge in [-0.3, -0.25) is 9.59 Å². The van der Waals surface area contributed by atoms with Crippen LogP contribution in [0.15, 0.2) is 23.1 Å². The molecule has 0 bridgehead atoms. The Bertz CT molecular complexity index is 754. The normalized spacial score (nSPS) is 15.8. The lowest BCUT2D eigenvalue weighted by molar-refractivity contribution is -0.141. The number of nitrogens with zero attached hydrogens (tertiary/aromatic N) is 2. The first-order chi connectivity index (χ1) is 11.8. The Kier molecular flexibility index (Phi) is 6.02. The molecule has 1 heterocycles. The van der Waals surface area contributed by atoms with E-state index in [-0.39, 0.29) is 49.8 Å². The molecule has 0 unspecified atom stereocenters. The number of aliphatic carboxylic acids is 1. The van der Waals surface area contributed by atoms with Crippen molar-refractivity contribution >= 4 is 21.9 Å². The van der Waals surface area contributed by atoms with Crippen molar-refractivity contribution < 1.29 is 27.9 Å². The number of hydrogen-bond donors (Lipinski definition) is 1. The molecule has 1 N–H and O–H groups in total. The third-order valence-corrected chi connectivity index (χ3v) is 6.20. The summed E-state index contributed by atoms with van der Waals surface area (Å²) in [5.74, 6) is -0.699. The zero-order valence-electron chi connectivity index (χ0n) is 14.3. The van der Waals surface area contributed by atoms with Gasteiger partial charge in [-0.25, -0.2) is 8.42 Å². The largest absolute Gasteiger partial charge is 0.497 e. The number of hydrogen-bond acceptors (Lipinski definition) is 5. The number of carboxylic acids is 1. The maximum Gasteiger partial charge on any atom is 0.303 e. The minimum atomic E-state index is -3.65. The van der Waals surface area contributed by atoms with Crippen molar-refractivity contribution in [3.05, 3.63) is 23.8 Å². The monoisotopic (exact) mass is 370 g/mol. The Labute approximate surface area is 147 Å². The highest BCUT2D eigenvalue weighted by Crippen LogP contribution is 2.25. The summed E-state index contributed by atoms with van der Waals surface area (Å²) < 4.78 is 32.1. The van der Waals surface area contributed by atoms with Crippen molar-refractivity contribution in [3.63, 3.8) is 0 Å². The van der Waals surface area contributed by atoms with Crippen LogP contribution in [-0.4, -0.2) is 67.9 Å². The second-order valence-corrected chi connectivity index (χ2v) is 7.72. The summed E-state index contributed by atoms with van der Waals surface area (Å²) in [7, 11) is -2.13. The van der Waals surface area contributed by atoms with Gasteiger partial charge in [0.2, 0.25) is 15.9 Å². The van der Waals surface area contributed by atoms with Gasteiger partial charge in [-0.2, -0.15) is 4.31 Å². The number of sulfonamides is 1. The number of amides is 1. The number of ether oxygens (including phenoxy) is 1. The van der Waals surface area contributed by atoms with Crippen LogP contribution in [0.3, 0.4) is 0 Å². The van der Waals surface area contributed by atoms with Gasteiger partial charge in [-0.05, 0) is 30.7 Å². The molecule has 8 nitrogen and oxygen atoms in total. The van der Waals surface area contributed by atoms with Crippen LogP contribution in [0.2, 0.25) is 0 Å². The van der Waals surface area contributed by atoms with Crippen molar-refractivity contribution in [2.75, 3.05) is 33.3 Å². The summed E-state index contributed by atoms with van der Waals surface area (Å²) >= 11 is 0. The number of benzene rings is 1. The van der Waals surface area contributed by atoms with Gasteiger partial charge in [0, 0.05) is 32.6 Å². The molecule has 1 aromatic rings. The van der Waals surface area contributed by atoms with E-state index in [4.69, 9.17) is 9.84 Å². The lowest BCUT2D eigenvalue weighted by Crippen LogP contribution is -2.50. The van der Waals surface area contributed by atoms with E-state index in [9.17, 15) is 18.0 Å². The smallest absolute Gasteiger partial charge is 0.303 e. The Morgan fingerprint density at radius 2 is 1.80 bits per heavy atom. The molecule has 0 aromatic heterocycles.